The Kier molecular flexibility index (Phi) is 5.39. The van der Waals surface area contributed by atoms with Crippen molar-refractivity contribution >= 4 is 20.9 Å². The van der Waals surface area contributed by atoms with E-state index in [1.165, 1.54) is 4.31 Å². The zero-order valence-corrected chi connectivity index (χ0v) is 17.0. The van der Waals surface area contributed by atoms with Crippen LogP contribution in [0, 0.1) is 11.6 Å². The molecular formula is C20H20F2N4O3S. The number of H-pyrrole nitrogens is 1. The first kappa shape index (κ1) is 20.6. The standard InChI is InChI=1S/C20H20F2N4O3S/c1-13(19-23-18-5-3-2-4-15(18)20(27)24-19)25-8-10-26(11-9-25)30(28,29)14-6-7-16(21)17(22)12-14/h2-7,12-13H,8-11H2,1H3,(H,23,24,27)/t13-/m1/s1. The summed E-state index contributed by atoms with van der Waals surface area (Å²) in [6.45, 7) is 3.07. The summed E-state index contributed by atoms with van der Waals surface area (Å²) in [6, 6.07) is 9.40. The number of nitrogens with one attached hydrogen (secondary N) is 1. The summed E-state index contributed by atoms with van der Waals surface area (Å²) in [5.74, 6) is -1.78. The van der Waals surface area contributed by atoms with Gasteiger partial charge in [-0.1, -0.05) is 12.1 Å². The first-order valence-electron chi connectivity index (χ1n) is 9.45. The predicted molar refractivity (Wildman–Crippen MR) is 107 cm³/mol. The average molecular weight is 434 g/mol. The van der Waals surface area contributed by atoms with Crippen molar-refractivity contribution in [3.8, 4) is 0 Å². The Hall–Kier alpha value is -2.69. The van der Waals surface area contributed by atoms with E-state index < -0.39 is 21.7 Å². The van der Waals surface area contributed by atoms with Crippen LogP contribution in [0.2, 0.25) is 0 Å². The Balaban J connectivity index is 1.50. The highest BCUT2D eigenvalue weighted by Gasteiger charge is 2.31. The van der Waals surface area contributed by atoms with Crippen molar-refractivity contribution in [1.29, 1.82) is 0 Å². The van der Waals surface area contributed by atoms with Crippen LogP contribution in [-0.2, 0) is 10.0 Å². The summed E-state index contributed by atoms with van der Waals surface area (Å²) in [5, 5.41) is 0.510. The number of piperazine rings is 1. The van der Waals surface area contributed by atoms with Gasteiger partial charge in [0.2, 0.25) is 10.0 Å². The van der Waals surface area contributed by atoms with Crippen molar-refractivity contribution < 1.29 is 17.2 Å². The van der Waals surface area contributed by atoms with Crippen molar-refractivity contribution in [1.82, 2.24) is 19.2 Å². The van der Waals surface area contributed by atoms with E-state index in [0.29, 0.717) is 35.9 Å². The molecule has 7 nitrogen and oxygen atoms in total. The van der Waals surface area contributed by atoms with Gasteiger partial charge in [0.25, 0.3) is 5.56 Å². The van der Waals surface area contributed by atoms with Gasteiger partial charge in [-0.25, -0.2) is 22.2 Å². The molecule has 1 saturated heterocycles. The summed E-state index contributed by atoms with van der Waals surface area (Å²) >= 11 is 0. The van der Waals surface area contributed by atoms with Crippen molar-refractivity contribution in [3.63, 3.8) is 0 Å². The molecule has 2 heterocycles. The average Bonchev–Trinajstić information content (AvgIpc) is 2.75. The van der Waals surface area contributed by atoms with Crippen molar-refractivity contribution in [2.24, 2.45) is 0 Å². The Morgan fingerprint density at radius 2 is 1.73 bits per heavy atom. The summed E-state index contributed by atoms with van der Waals surface area (Å²) in [4.78, 5) is 21.4. The van der Waals surface area contributed by atoms with Crippen LogP contribution in [0.5, 0.6) is 0 Å². The third kappa shape index (κ3) is 3.73. The highest BCUT2D eigenvalue weighted by atomic mass is 32.2. The van der Waals surface area contributed by atoms with Crippen molar-refractivity contribution in [3.05, 3.63) is 70.3 Å². The van der Waals surface area contributed by atoms with Gasteiger partial charge < -0.3 is 4.98 Å². The number of para-hydroxylation sites is 1. The lowest BCUT2D eigenvalue weighted by atomic mass is 10.2. The summed E-state index contributed by atoms with van der Waals surface area (Å²) in [5.41, 5.74) is 0.379. The largest absolute Gasteiger partial charge is 0.309 e. The molecule has 2 aromatic carbocycles. The second kappa shape index (κ2) is 7.86. The molecule has 0 aliphatic carbocycles. The Labute approximate surface area is 172 Å². The topological polar surface area (TPSA) is 86.4 Å². The summed E-state index contributed by atoms with van der Waals surface area (Å²) in [6.07, 6.45) is 0. The van der Waals surface area contributed by atoms with Gasteiger partial charge in [0.1, 0.15) is 5.82 Å². The lowest BCUT2D eigenvalue weighted by Crippen LogP contribution is -2.49. The van der Waals surface area contributed by atoms with Crippen molar-refractivity contribution in [2.45, 2.75) is 17.9 Å². The highest BCUT2D eigenvalue weighted by molar-refractivity contribution is 7.89. The van der Waals surface area contributed by atoms with Crippen LogP contribution < -0.4 is 5.56 Å². The van der Waals surface area contributed by atoms with Crippen LogP contribution in [-0.4, -0.2) is 53.8 Å². The second-order valence-corrected chi connectivity index (χ2v) is 9.10. The lowest BCUT2D eigenvalue weighted by molar-refractivity contribution is 0.141. The summed E-state index contributed by atoms with van der Waals surface area (Å²) in [7, 11) is -3.92. The fraction of sp³-hybridized carbons (Fsp3) is 0.300. The summed E-state index contributed by atoms with van der Waals surface area (Å²) < 4.78 is 53.4. The van der Waals surface area contributed by atoms with E-state index in [4.69, 9.17) is 0 Å². The lowest BCUT2D eigenvalue weighted by Gasteiger charge is -2.36. The number of nitrogens with zero attached hydrogens (tertiary/aromatic N) is 3. The van der Waals surface area contributed by atoms with Gasteiger partial charge in [0, 0.05) is 26.2 Å². The van der Waals surface area contributed by atoms with Crippen LogP contribution in [0.1, 0.15) is 18.8 Å². The number of sulfonamides is 1. The molecule has 4 rings (SSSR count). The first-order chi connectivity index (χ1) is 14.3. The normalized spacial score (nSPS) is 17.3. The van der Waals surface area contributed by atoms with Crippen LogP contribution in [0.15, 0.2) is 52.2 Å². The molecule has 1 aliphatic rings. The quantitative estimate of drug-likeness (QED) is 0.681. The molecule has 1 fully saturated rings. The SMILES string of the molecule is C[C@H](c1nc2ccccc2c(=O)[nH]1)N1CCN(S(=O)(=O)c2ccc(F)c(F)c2)CC1. The Bertz CT molecular complexity index is 1250. The van der Waals surface area contributed by atoms with Crippen LogP contribution >= 0.6 is 0 Å². The maximum absolute atomic E-state index is 13.5. The van der Waals surface area contributed by atoms with E-state index in [2.05, 4.69) is 9.97 Å². The van der Waals surface area contributed by atoms with Crippen LogP contribution in [0.4, 0.5) is 8.78 Å². The predicted octanol–water partition coefficient (Wildman–Crippen LogP) is 2.27. The maximum atomic E-state index is 13.5. The fourth-order valence-corrected chi connectivity index (χ4v) is 5.03. The number of rotatable bonds is 4. The molecule has 158 valence electrons. The molecular weight excluding hydrogens is 414 g/mol. The Morgan fingerprint density at radius 3 is 2.43 bits per heavy atom. The number of hydrogen-bond donors (Lipinski definition) is 1. The minimum Gasteiger partial charge on any atom is -0.309 e. The van der Waals surface area contributed by atoms with Gasteiger partial charge in [-0.2, -0.15) is 4.31 Å². The van der Waals surface area contributed by atoms with Gasteiger partial charge in [-0.05, 0) is 37.3 Å². The second-order valence-electron chi connectivity index (χ2n) is 7.16. The molecule has 1 aromatic heterocycles. The van der Waals surface area contributed by atoms with Gasteiger partial charge in [0.15, 0.2) is 11.6 Å². The zero-order chi connectivity index (χ0) is 21.5. The Morgan fingerprint density at radius 1 is 1.03 bits per heavy atom. The van der Waals surface area contributed by atoms with E-state index >= 15 is 0 Å². The maximum Gasteiger partial charge on any atom is 0.258 e. The molecule has 1 N–H and O–H groups in total. The fourth-order valence-electron chi connectivity index (χ4n) is 3.59. The molecule has 30 heavy (non-hydrogen) atoms. The molecule has 1 aliphatic heterocycles. The van der Waals surface area contributed by atoms with Crippen LogP contribution in [0.25, 0.3) is 10.9 Å². The van der Waals surface area contributed by atoms with Crippen LogP contribution in [0.3, 0.4) is 0 Å². The molecule has 0 bridgehead atoms. The number of aromatic amines is 1. The minimum absolute atomic E-state index is 0.184. The molecule has 0 radical (unpaired) electrons. The van der Waals surface area contributed by atoms with E-state index in [-0.39, 0.29) is 29.6 Å². The first-order valence-corrected chi connectivity index (χ1v) is 10.9. The van der Waals surface area contributed by atoms with E-state index in [1.807, 2.05) is 17.9 Å². The monoisotopic (exact) mass is 434 g/mol. The minimum atomic E-state index is -3.92. The van der Waals surface area contributed by atoms with E-state index in [1.54, 1.807) is 18.2 Å². The van der Waals surface area contributed by atoms with E-state index in [0.717, 1.165) is 12.1 Å². The molecule has 1 atom stereocenters. The smallest absolute Gasteiger partial charge is 0.258 e. The third-order valence-electron chi connectivity index (χ3n) is 5.38. The van der Waals surface area contributed by atoms with Gasteiger partial charge >= 0.3 is 0 Å². The third-order valence-corrected chi connectivity index (χ3v) is 7.27. The number of fused-ring (bicyclic) bond motifs is 1. The molecule has 10 heteroatoms. The highest BCUT2D eigenvalue weighted by Crippen LogP contribution is 2.23. The molecule has 3 aromatic rings. The van der Waals surface area contributed by atoms with Gasteiger partial charge in [0.05, 0.1) is 21.8 Å². The van der Waals surface area contributed by atoms with Gasteiger partial charge in [-0.15, -0.1) is 0 Å². The van der Waals surface area contributed by atoms with Gasteiger partial charge in [-0.3, -0.25) is 9.69 Å². The number of hydrogen-bond acceptors (Lipinski definition) is 5. The molecule has 0 amide bonds. The molecule has 0 saturated carbocycles. The number of benzene rings is 2. The molecule has 0 spiro atoms. The zero-order valence-electron chi connectivity index (χ0n) is 16.2. The van der Waals surface area contributed by atoms with E-state index in [9.17, 15) is 22.0 Å². The molecule has 0 unspecified atom stereocenters. The van der Waals surface area contributed by atoms with Crippen molar-refractivity contribution in [2.75, 3.05) is 26.2 Å². The number of aromatic nitrogens is 2. The number of halogens is 2.